The number of halogens is 3. The number of alkyl halides is 3. The van der Waals surface area contributed by atoms with E-state index in [-0.39, 0.29) is 11.4 Å². The van der Waals surface area contributed by atoms with Gasteiger partial charge in [-0.1, -0.05) is 0 Å². The number of rotatable bonds is 5. The zero-order valence-corrected chi connectivity index (χ0v) is 10.4. The van der Waals surface area contributed by atoms with E-state index in [2.05, 4.69) is 4.98 Å². The van der Waals surface area contributed by atoms with Gasteiger partial charge in [-0.3, -0.25) is 0 Å². The van der Waals surface area contributed by atoms with Gasteiger partial charge in [-0.05, 0) is 37.0 Å². The van der Waals surface area contributed by atoms with Gasteiger partial charge in [0.2, 0.25) is 5.88 Å². The molecule has 1 aromatic rings. The molecule has 1 aliphatic carbocycles. The van der Waals surface area contributed by atoms with E-state index in [1.165, 1.54) is 0 Å². The monoisotopic (exact) mass is 287 g/mol. The minimum atomic E-state index is -4.56. The topological polar surface area (TPSA) is 59.4 Å². The first-order valence-corrected chi connectivity index (χ1v) is 5.98. The zero-order chi connectivity index (χ0) is 14.8. The third-order valence-electron chi connectivity index (χ3n) is 2.74. The minimum absolute atomic E-state index is 0.191. The Hall–Kier alpha value is -2.05. The summed E-state index contributed by atoms with van der Waals surface area (Å²) in [6.07, 6.45) is -0.600. The molecule has 0 atom stereocenters. The smallest absolute Gasteiger partial charge is 0.433 e. The van der Waals surface area contributed by atoms with Crippen LogP contribution in [0.25, 0.3) is 6.08 Å². The van der Waals surface area contributed by atoms with Crippen molar-refractivity contribution in [2.75, 3.05) is 6.61 Å². The molecule has 1 heterocycles. The van der Waals surface area contributed by atoms with Crippen molar-refractivity contribution in [3.63, 3.8) is 0 Å². The van der Waals surface area contributed by atoms with Gasteiger partial charge in [0.05, 0.1) is 6.61 Å². The Morgan fingerprint density at radius 3 is 2.70 bits per heavy atom. The molecule has 0 aromatic carbocycles. The van der Waals surface area contributed by atoms with Crippen LogP contribution in [0.1, 0.15) is 24.1 Å². The summed E-state index contributed by atoms with van der Waals surface area (Å²) in [6, 6.07) is 1.95. The Kier molecular flexibility index (Phi) is 3.96. The Morgan fingerprint density at radius 1 is 1.45 bits per heavy atom. The van der Waals surface area contributed by atoms with Crippen LogP contribution in [0.4, 0.5) is 13.2 Å². The maximum absolute atomic E-state index is 12.6. The fourth-order valence-corrected chi connectivity index (χ4v) is 1.49. The van der Waals surface area contributed by atoms with Crippen molar-refractivity contribution in [2.24, 2.45) is 5.92 Å². The predicted octanol–water partition coefficient (Wildman–Crippen LogP) is 2.99. The SMILES string of the molecule is O=C(O)/C=C/c1ccc(C(F)(F)F)nc1OCC1CC1. The van der Waals surface area contributed by atoms with Gasteiger partial charge in [-0.15, -0.1) is 0 Å². The van der Waals surface area contributed by atoms with E-state index >= 15 is 0 Å². The van der Waals surface area contributed by atoms with Crippen LogP contribution in [0.5, 0.6) is 5.88 Å². The second-order valence-corrected chi connectivity index (χ2v) is 4.51. The Labute approximate surface area is 112 Å². The van der Waals surface area contributed by atoms with Crippen molar-refractivity contribution in [3.8, 4) is 5.88 Å². The molecule has 4 nitrogen and oxygen atoms in total. The van der Waals surface area contributed by atoms with Crippen LogP contribution in [0, 0.1) is 5.92 Å². The average molecular weight is 287 g/mol. The lowest BCUT2D eigenvalue weighted by Crippen LogP contribution is -2.10. The van der Waals surface area contributed by atoms with Crippen molar-refractivity contribution in [1.82, 2.24) is 4.98 Å². The predicted molar refractivity (Wildman–Crippen MR) is 64.1 cm³/mol. The number of hydrogen-bond donors (Lipinski definition) is 1. The number of carbonyl (C=O) groups is 1. The van der Waals surface area contributed by atoms with Crippen molar-refractivity contribution >= 4 is 12.0 Å². The standard InChI is InChI=1S/C13H12F3NO3/c14-13(15,16)10-5-3-9(4-6-11(18)19)12(17-10)20-7-8-1-2-8/h3-6,8H,1-2,7H2,(H,18,19)/b6-4+. The third-order valence-corrected chi connectivity index (χ3v) is 2.74. The normalized spacial score (nSPS) is 15.6. The summed E-state index contributed by atoms with van der Waals surface area (Å²) in [5, 5.41) is 8.55. The van der Waals surface area contributed by atoms with E-state index in [1.54, 1.807) is 0 Å². The summed E-state index contributed by atoms with van der Waals surface area (Å²) in [7, 11) is 0. The van der Waals surface area contributed by atoms with Gasteiger partial charge in [0.25, 0.3) is 0 Å². The molecular weight excluding hydrogens is 275 g/mol. The lowest BCUT2D eigenvalue weighted by atomic mass is 10.2. The Balaban J connectivity index is 2.26. The maximum atomic E-state index is 12.6. The molecule has 1 N–H and O–H groups in total. The summed E-state index contributed by atoms with van der Waals surface area (Å²) in [6.45, 7) is 0.294. The number of carboxylic acids is 1. The van der Waals surface area contributed by atoms with Gasteiger partial charge in [0, 0.05) is 11.6 Å². The molecule has 1 aromatic heterocycles. The first kappa shape index (κ1) is 14.4. The quantitative estimate of drug-likeness (QED) is 0.846. The molecule has 0 bridgehead atoms. The average Bonchev–Trinajstić information content (AvgIpc) is 3.17. The van der Waals surface area contributed by atoms with E-state index in [0.717, 1.165) is 37.1 Å². The van der Waals surface area contributed by atoms with E-state index in [9.17, 15) is 18.0 Å². The van der Waals surface area contributed by atoms with E-state index in [4.69, 9.17) is 9.84 Å². The molecule has 0 aliphatic heterocycles. The number of pyridine rings is 1. The molecule has 1 aliphatic rings. The second-order valence-electron chi connectivity index (χ2n) is 4.51. The summed E-state index contributed by atoms with van der Waals surface area (Å²) >= 11 is 0. The van der Waals surface area contributed by atoms with Crippen LogP contribution in [-0.4, -0.2) is 22.7 Å². The highest BCUT2D eigenvalue weighted by Gasteiger charge is 2.33. The van der Waals surface area contributed by atoms with Gasteiger partial charge < -0.3 is 9.84 Å². The van der Waals surface area contributed by atoms with E-state index in [0.29, 0.717) is 12.5 Å². The van der Waals surface area contributed by atoms with Crippen molar-refractivity contribution in [3.05, 3.63) is 29.5 Å². The molecule has 108 valence electrons. The van der Waals surface area contributed by atoms with Crippen molar-refractivity contribution in [1.29, 1.82) is 0 Å². The highest BCUT2D eigenvalue weighted by atomic mass is 19.4. The molecule has 7 heteroatoms. The van der Waals surface area contributed by atoms with Gasteiger partial charge in [-0.25, -0.2) is 9.78 Å². The molecule has 1 saturated carbocycles. The number of ether oxygens (including phenoxy) is 1. The summed E-state index contributed by atoms with van der Waals surface area (Å²) in [5.41, 5.74) is -0.850. The van der Waals surface area contributed by atoms with Crippen LogP contribution in [0.15, 0.2) is 18.2 Å². The van der Waals surface area contributed by atoms with Gasteiger partial charge in [0.1, 0.15) is 5.69 Å². The largest absolute Gasteiger partial charge is 0.478 e. The van der Waals surface area contributed by atoms with Crippen LogP contribution in [0.2, 0.25) is 0 Å². The fourth-order valence-electron chi connectivity index (χ4n) is 1.49. The highest BCUT2D eigenvalue weighted by molar-refractivity contribution is 5.85. The molecule has 2 rings (SSSR count). The lowest BCUT2D eigenvalue weighted by Gasteiger charge is -2.11. The van der Waals surface area contributed by atoms with Crippen LogP contribution >= 0.6 is 0 Å². The summed E-state index contributed by atoms with van der Waals surface area (Å²) < 4.78 is 43.1. The second kappa shape index (κ2) is 5.52. The first-order valence-electron chi connectivity index (χ1n) is 5.98. The number of aromatic nitrogens is 1. The maximum Gasteiger partial charge on any atom is 0.433 e. The lowest BCUT2D eigenvalue weighted by molar-refractivity contribution is -0.141. The highest BCUT2D eigenvalue weighted by Crippen LogP contribution is 2.33. The van der Waals surface area contributed by atoms with Crippen molar-refractivity contribution < 1.29 is 27.8 Å². The zero-order valence-electron chi connectivity index (χ0n) is 10.4. The van der Waals surface area contributed by atoms with Gasteiger partial charge in [-0.2, -0.15) is 13.2 Å². The molecule has 0 spiro atoms. The molecule has 1 fully saturated rings. The molecular formula is C13H12F3NO3. The van der Waals surface area contributed by atoms with Crippen LogP contribution in [0.3, 0.4) is 0 Å². The van der Waals surface area contributed by atoms with E-state index < -0.39 is 17.8 Å². The first-order chi connectivity index (χ1) is 9.36. The van der Waals surface area contributed by atoms with E-state index in [1.807, 2.05) is 0 Å². The molecule has 0 unspecified atom stereocenters. The Bertz CT molecular complexity index is 536. The molecule has 0 radical (unpaired) electrons. The summed E-state index contributed by atoms with van der Waals surface area (Å²) in [4.78, 5) is 13.9. The number of carboxylic acid groups (broad SMARTS) is 1. The minimum Gasteiger partial charge on any atom is -0.478 e. The molecule has 0 saturated heterocycles. The molecule has 0 amide bonds. The third kappa shape index (κ3) is 3.97. The number of hydrogen-bond acceptors (Lipinski definition) is 3. The summed E-state index contributed by atoms with van der Waals surface area (Å²) in [5.74, 6) is -1.04. The van der Waals surface area contributed by atoms with Gasteiger partial charge in [0.15, 0.2) is 0 Å². The number of nitrogens with zero attached hydrogens (tertiary/aromatic N) is 1. The Morgan fingerprint density at radius 2 is 2.15 bits per heavy atom. The van der Waals surface area contributed by atoms with Crippen LogP contribution < -0.4 is 4.74 Å². The van der Waals surface area contributed by atoms with Crippen molar-refractivity contribution in [2.45, 2.75) is 19.0 Å². The number of aliphatic carboxylic acids is 1. The van der Waals surface area contributed by atoms with Gasteiger partial charge >= 0.3 is 12.1 Å². The molecule has 20 heavy (non-hydrogen) atoms. The fraction of sp³-hybridized carbons (Fsp3) is 0.385. The van der Waals surface area contributed by atoms with Crippen LogP contribution in [-0.2, 0) is 11.0 Å².